The summed E-state index contributed by atoms with van der Waals surface area (Å²) in [5.74, 6) is 0.104. The normalized spacial score (nSPS) is 17.4. The molecular weight excluding hydrogens is 416 g/mol. The highest BCUT2D eigenvalue weighted by atomic mass is 32.2. The Morgan fingerprint density at radius 1 is 1.10 bits per heavy atom. The second-order valence-electron chi connectivity index (χ2n) is 7.54. The minimum absolute atomic E-state index is 0.00548. The molecule has 4 rings (SSSR count). The molecule has 1 amide bonds. The summed E-state index contributed by atoms with van der Waals surface area (Å²) in [6.07, 6.45) is 2.79. The molecule has 1 fully saturated rings. The quantitative estimate of drug-likeness (QED) is 0.631. The average Bonchev–Trinajstić information content (AvgIpc) is 3.23. The number of carbonyl (C=O) groups excluding carboxylic acids is 1. The summed E-state index contributed by atoms with van der Waals surface area (Å²) in [7, 11) is -3.54. The molecule has 1 aromatic heterocycles. The van der Waals surface area contributed by atoms with Gasteiger partial charge in [-0.25, -0.2) is 8.42 Å². The molecule has 0 saturated carbocycles. The van der Waals surface area contributed by atoms with E-state index in [1.54, 1.807) is 16.4 Å². The van der Waals surface area contributed by atoms with Crippen molar-refractivity contribution in [1.82, 2.24) is 24.5 Å². The fraction of sp³-hybridized carbons (Fsp3) is 0.333. The van der Waals surface area contributed by atoms with Gasteiger partial charge in [0.1, 0.15) is 6.54 Å². The lowest BCUT2D eigenvalue weighted by Crippen LogP contribution is -2.41. The van der Waals surface area contributed by atoms with E-state index in [1.807, 2.05) is 37.3 Å². The van der Waals surface area contributed by atoms with Gasteiger partial charge in [-0.1, -0.05) is 36.8 Å². The molecule has 3 aromatic rings. The van der Waals surface area contributed by atoms with Crippen LogP contribution >= 0.6 is 0 Å². The fourth-order valence-electron chi connectivity index (χ4n) is 3.62. The van der Waals surface area contributed by atoms with Crippen LogP contribution in [0.2, 0.25) is 0 Å². The Morgan fingerprint density at radius 2 is 1.84 bits per heavy atom. The number of tetrazole rings is 1. The van der Waals surface area contributed by atoms with E-state index in [4.69, 9.17) is 0 Å². The Morgan fingerprint density at radius 3 is 2.55 bits per heavy atom. The molecule has 2 aromatic carbocycles. The van der Waals surface area contributed by atoms with Crippen LogP contribution in [0.15, 0.2) is 59.5 Å². The monoisotopic (exact) mass is 440 g/mol. The molecule has 0 unspecified atom stereocenters. The highest BCUT2D eigenvalue weighted by molar-refractivity contribution is 7.89. The van der Waals surface area contributed by atoms with E-state index in [0.717, 1.165) is 24.8 Å². The van der Waals surface area contributed by atoms with Crippen molar-refractivity contribution in [2.24, 2.45) is 0 Å². The van der Waals surface area contributed by atoms with Gasteiger partial charge in [0.15, 0.2) is 0 Å². The Balaban J connectivity index is 1.39. The number of piperidine rings is 1. The standard InChI is InChI=1S/C21H24N6O3S/c1-16-7-5-6-14-26(16)31(29,30)19-12-10-18(11-13-19)22-20(28)15-27-24-21(23-25-27)17-8-3-2-4-9-17/h2-4,8-13,16H,5-7,14-15H2,1H3,(H,22,28)/t16-/m1/s1. The molecule has 0 bridgehead atoms. The van der Waals surface area contributed by atoms with Crippen molar-refractivity contribution in [2.75, 3.05) is 11.9 Å². The maximum absolute atomic E-state index is 12.9. The van der Waals surface area contributed by atoms with Gasteiger partial charge in [0.25, 0.3) is 0 Å². The van der Waals surface area contributed by atoms with E-state index >= 15 is 0 Å². The minimum Gasteiger partial charge on any atom is -0.324 e. The van der Waals surface area contributed by atoms with Crippen molar-refractivity contribution in [3.8, 4) is 11.4 Å². The molecule has 1 aliphatic rings. The third-order valence-corrected chi connectivity index (χ3v) is 7.28. The first-order chi connectivity index (χ1) is 14.9. The zero-order valence-electron chi connectivity index (χ0n) is 17.2. The number of nitrogens with zero attached hydrogens (tertiary/aromatic N) is 5. The molecular formula is C21H24N6O3S. The van der Waals surface area contributed by atoms with Crippen molar-refractivity contribution in [1.29, 1.82) is 0 Å². The summed E-state index contributed by atoms with van der Waals surface area (Å²) in [5, 5.41) is 14.8. The van der Waals surface area contributed by atoms with Crippen molar-refractivity contribution in [3.63, 3.8) is 0 Å². The first-order valence-electron chi connectivity index (χ1n) is 10.2. The van der Waals surface area contributed by atoms with Crippen LogP contribution in [0, 0.1) is 0 Å². The third kappa shape index (κ3) is 4.80. The SMILES string of the molecule is C[C@@H]1CCCCN1S(=O)(=O)c1ccc(NC(=O)Cn2nnc(-c3ccccc3)n2)cc1. The molecule has 162 valence electrons. The van der Waals surface area contributed by atoms with Crippen LogP contribution < -0.4 is 5.32 Å². The lowest BCUT2D eigenvalue weighted by Gasteiger charge is -2.32. The van der Waals surface area contributed by atoms with E-state index in [2.05, 4.69) is 20.7 Å². The molecule has 1 atom stereocenters. The zero-order valence-corrected chi connectivity index (χ0v) is 18.0. The van der Waals surface area contributed by atoms with Crippen LogP contribution in [0.4, 0.5) is 5.69 Å². The number of amides is 1. The zero-order chi connectivity index (χ0) is 21.8. The Labute approximate surface area is 181 Å². The highest BCUT2D eigenvalue weighted by Gasteiger charge is 2.30. The molecule has 0 aliphatic carbocycles. The maximum atomic E-state index is 12.9. The lowest BCUT2D eigenvalue weighted by molar-refractivity contribution is -0.117. The number of nitrogens with one attached hydrogen (secondary N) is 1. The molecule has 0 spiro atoms. The first kappa shape index (κ1) is 21.1. The maximum Gasteiger partial charge on any atom is 0.248 e. The van der Waals surface area contributed by atoms with Gasteiger partial charge in [0.2, 0.25) is 21.8 Å². The predicted molar refractivity (Wildman–Crippen MR) is 116 cm³/mol. The summed E-state index contributed by atoms with van der Waals surface area (Å²) in [6, 6.07) is 15.6. The molecule has 0 radical (unpaired) electrons. The van der Waals surface area contributed by atoms with Gasteiger partial charge < -0.3 is 5.32 Å². The molecule has 10 heteroatoms. The van der Waals surface area contributed by atoms with Crippen molar-refractivity contribution < 1.29 is 13.2 Å². The van der Waals surface area contributed by atoms with Gasteiger partial charge in [-0.2, -0.15) is 9.10 Å². The van der Waals surface area contributed by atoms with E-state index in [-0.39, 0.29) is 23.4 Å². The molecule has 1 aliphatic heterocycles. The van der Waals surface area contributed by atoms with Gasteiger partial charge in [-0.15, -0.1) is 10.2 Å². The van der Waals surface area contributed by atoms with Crippen molar-refractivity contribution >= 4 is 21.6 Å². The summed E-state index contributed by atoms with van der Waals surface area (Å²) in [5.41, 5.74) is 1.31. The number of carbonyl (C=O) groups is 1. The minimum atomic E-state index is -3.54. The topological polar surface area (TPSA) is 110 Å². The smallest absolute Gasteiger partial charge is 0.248 e. The second-order valence-corrected chi connectivity index (χ2v) is 9.43. The summed E-state index contributed by atoms with van der Waals surface area (Å²) in [6.45, 7) is 2.37. The number of aromatic nitrogens is 4. The molecule has 2 heterocycles. The van der Waals surface area contributed by atoms with E-state index in [0.29, 0.717) is 18.1 Å². The van der Waals surface area contributed by atoms with Gasteiger partial charge in [0.05, 0.1) is 4.90 Å². The number of sulfonamides is 1. The van der Waals surface area contributed by atoms with E-state index in [1.165, 1.54) is 16.9 Å². The van der Waals surface area contributed by atoms with Crippen LogP contribution in [0.25, 0.3) is 11.4 Å². The molecule has 1 saturated heterocycles. The lowest BCUT2D eigenvalue weighted by atomic mass is 10.1. The molecule has 9 nitrogen and oxygen atoms in total. The van der Waals surface area contributed by atoms with Crippen molar-refractivity contribution in [2.45, 2.75) is 43.7 Å². The average molecular weight is 441 g/mol. The van der Waals surface area contributed by atoms with Gasteiger partial charge >= 0.3 is 0 Å². The third-order valence-electron chi connectivity index (χ3n) is 5.26. The first-order valence-corrected chi connectivity index (χ1v) is 11.6. The summed E-state index contributed by atoms with van der Waals surface area (Å²) < 4.78 is 27.4. The predicted octanol–water partition coefficient (Wildman–Crippen LogP) is 2.54. The van der Waals surface area contributed by atoms with E-state index in [9.17, 15) is 13.2 Å². The van der Waals surface area contributed by atoms with Gasteiger partial charge in [0, 0.05) is 23.8 Å². The number of benzene rings is 2. The fourth-order valence-corrected chi connectivity index (χ4v) is 5.32. The van der Waals surface area contributed by atoms with Crippen molar-refractivity contribution in [3.05, 3.63) is 54.6 Å². The molecule has 1 N–H and O–H groups in total. The highest BCUT2D eigenvalue weighted by Crippen LogP contribution is 2.25. The Bertz CT molecular complexity index is 1150. The van der Waals surface area contributed by atoms with Crippen LogP contribution in [-0.4, -0.2) is 51.4 Å². The number of rotatable bonds is 6. The van der Waals surface area contributed by atoms with Crippen LogP contribution in [0.5, 0.6) is 0 Å². The van der Waals surface area contributed by atoms with E-state index < -0.39 is 10.0 Å². The largest absolute Gasteiger partial charge is 0.324 e. The number of anilines is 1. The van der Waals surface area contributed by atoms with Gasteiger partial charge in [-0.3, -0.25) is 4.79 Å². The van der Waals surface area contributed by atoms with Crippen LogP contribution in [0.1, 0.15) is 26.2 Å². The Kier molecular flexibility index (Phi) is 6.10. The van der Waals surface area contributed by atoms with Gasteiger partial charge in [-0.05, 0) is 49.2 Å². The summed E-state index contributed by atoms with van der Waals surface area (Å²) in [4.78, 5) is 13.8. The summed E-state index contributed by atoms with van der Waals surface area (Å²) >= 11 is 0. The number of hydrogen-bond acceptors (Lipinski definition) is 6. The second kappa shape index (κ2) is 8.94. The molecule has 31 heavy (non-hydrogen) atoms. The van der Waals surface area contributed by atoms with Crippen LogP contribution in [-0.2, 0) is 21.4 Å². The Hall–Kier alpha value is -3.11. The number of hydrogen-bond donors (Lipinski definition) is 1. The van der Waals surface area contributed by atoms with Crippen LogP contribution in [0.3, 0.4) is 0 Å².